The van der Waals surface area contributed by atoms with Gasteiger partial charge in [0.25, 0.3) is 5.91 Å². The molecule has 2 atom stereocenters. The molecule has 0 aliphatic heterocycles. The molecule has 0 aliphatic rings. The van der Waals surface area contributed by atoms with E-state index in [0.717, 1.165) is 16.9 Å². The Balaban J connectivity index is 2.03. The maximum atomic E-state index is 12.7. The standard InChI is InChI=1S/C23H31NO2/c1-7-20(26-21-11-9-8-10-16(21)2)22(25)24-17(3)18-12-14-19(15-13-18)23(4,5)6/h8-15,17,20H,7H2,1-6H3,(H,24,25). The number of rotatable bonds is 6. The topological polar surface area (TPSA) is 38.3 Å². The van der Waals surface area contributed by atoms with Crippen LogP contribution in [-0.4, -0.2) is 12.0 Å². The molecule has 0 bridgehead atoms. The van der Waals surface area contributed by atoms with Crippen molar-refractivity contribution >= 4 is 5.91 Å². The van der Waals surface area contributed by atoms with Crippen molar-refractivity contribution in [2.45, 2.75) is 65.5 Å². The van der Waals surface area contributed by atoms with Crippen LogP contribution in [0.25, 0.3) is 0 Å². The van der Waals surface area contributed by atoms with Crippen molar-refractivity contribution in [3.63, 3.8) is 0 Å². The predicted molar refractivity (Wildman–Crippen MR) is 108 cm³/mol. The van der Waals surface area contributed by atoms with Crippen LogP contribution < -0.4 is 10.1 Å². The minimum atomic E-state index is -0.493. The van der Waals surface area contributed by atoms with Crippen LogP contribution in [0.5, 0.6) is 5.75 Å². The maximum Gasteiger partial charge on any atom is 0.261 e. The Morgan fingerprint density at radius 2 is 1.69 bits per heavy atom. The first kappa shape index (κ1) is 20.0. The summed E-state index contributed by atoms with van der Waals surface area (Å²) < 4.78 is 5.94. The Morgan fingerprint density at radius 3 is 2.23 bits per heavy atom. The van der Waals surface area contributed by atoms with E-state index in [1.54, 1.807) is 0 Å². The van der Waals surface area contributed by atoms with Gasteiger partial charge in [-0.1, -0.05) is 70.2 Å². The van der Waals surface area contributed by atoms with Crippen molar-refractivity contribution < 1.29 is 9.53 Å². The molecule has 1 amide bonds. The summed E-state index contributed by atoms with van der Waals surface area (Å²) >= 11 is 0. The Hall–Kier alpha value is -2.29. The van der Waals surface area contributed by atoms with Crippen LogP contribution in [0.4, 0.5) is 0 Å². The van der Waals surface area contributed by atoms with Crippen molar-refractivity contribution in [2.24, 2.45) is 0 Å². The summed E-state index contributed by atoms with van der Waals surface area (Å²) in [7, 11) is 0. The minimum absolute atomic E-state index is 0.0639. The molecule has 3 nitrogen and oxygen atoms in total. The summed E-state index contributed by atoms with van der Waals surface area (Å²) in [5.74, 6) is 0.680. The first-order chi connectivity index (χ1) is 12.2. The Morgan fingerprint density at radius 1 is 1.08 bits per heavy atom. The van der Waals surface area contributed by atoms with Gasteiger partial charge in [-0.25, -0.2) is 0 Å². The molecule has 2 unspecified atom stereocenters. The van der Waals surface area contributed by atoms with Gasteiger partial charge in [-0.15, -0.1) is 0 Å². The zero-order chi connectivity index (χ0) is 19.3. The molecule has 0 saturated heterocycles. The van der Waals surface area contributed by atoms with Gasteiger partial charge in [0.05, 0.1) is 6.04 Å². The number of amides is 1. The number of hydrogen-bond donors (Lipinski definition) is 1. The van der Waals surface area contributed by atoms with Gasteiger partial charge in [-0.3, -0.25) is 4.79 Å². The quantitative estimate of drug-likeness (QED) is 0.762. The second-order valence-electron chi connectivity index (χ2n) is 7.88. The average molecular weight is 354 g/mol. The SMILES string of the molecule is CCC(Oc1ccccc1C)C(=O)NC(C)c1ccc(C(C)(C)C)cc1. The lowest BCUT2D eigenvalue weighted by Crippen LogP contribution is -2.39. The highest BCUT2D eigenvalue weighted by Crippen LogP contribution is 2.24. The normalized spacial score (nSPS) is 13.8. The van der Waals surface area contributed by atoms with Crippen LogP contribution in [0, 0.1) is 6.92 Å². The van der Waals surface area contributed by atoms with Gasteiger partial charge in [-0.2, -0.15) is 0 Å². The van der Waals surface area contributed by atoms with Crippen molar-refractivity contribution in [3.05, 3.63) is 65.2 Å². The van der Waals surface area contributed by atoms with E-state index >= 15 is 0 Å². The largest absolute Gasteiger partial charge is 0.480 e. The molecule has 2 rings (SSSR count). The number of benzene rings is 2. The highest BCUT2D eigenvalue weighted by molar-refractivity contribution is 5.81. The van der Waals surface area contributed by atoms with Gasteiger partial charge in [0, 0.05) is 0 Å². The number of ether oxygens (including phenoxy) is 1. The molecule has 0 heterocycles. The molecule has 0 spiro atoms. The number of nitrogens with one attached hydrogen (secondary N) is 1. The lowest BCUT2D eigenvalue weighted by Gasteiger charge is -2.23. The minimum Gasteiger partial charge on any atom is -0.480 e. The van der Waals surface area contributed by atoms with E-state index in [1.807, 2.05) is 45.0 Å². The van der Waals surface area contributed by atoms with Gasteiger partial charge in [0.1, 0.15) is 5.75 Å². The molecule has 2 aromatic rings. The number of para-hydroxylation sites is 1. The monoisotopic (exact) mass is 353 g/mol. The van der Waals surface area contributed by atoms with Gasteiger partial charge in [0.15, 0.2) is 6.10 Å². The smallest absolute Gasteiger partial charge is 0.261 e. The Bertz CT molecular complexity index is 729. The number of hydrogen-bond acceptors (Lipinski definition) is 2. The van der Waals surface area contributed by atoms with Crippen LogP contribution in [0.1, 0.15) is 63.8 Å². The number of carbonyl (C=O) groups is 1. The molecule has 140 valence electrons. The van der Waals surface area contributed by atoms with Crippen molar-refractivity contribution in [1.82, 2.24) is 5.32 Å². The Kier molecular flexibility index (Phi) is 6.47. The molecule has 1 N–H and O–H groups in total. The summed E-state index contributed by atoms with van der Waals surface area (Å²) in [6.07, 6.45) is 0.128. The molecule has 0 aromatic heterocycles. The average Bonchev–Trinajstić information content (AvgIpc) is 2.60. The summed E-state index contributed by atoms with van der Waals surface area (Å²) in [4.78, 5) is 12.7. The van der Waals surface area contributed by atoms with Crippen molar-refractivity contribution in [2.75, 3.05) is 0 Å². The molecular formula is C23H31NO2. The van der Waals surface area contributed by atoms with E-state index in [0.29, 0.717) is 6.42 Å². The van der Waals surface area contributed by atoms with E-state index in [4.69, 9.17) is 4.74 Å². The summed E-state index contributed by atoms with van der Waals surface area (Å²) in [6, 6.07) is 16.2. The molecule has 0 aliphatic carbocycles. The van der Waals surface area contributed by atoms with E-state index in [1.165, 1.54) is 5.56 Å². The number of carbonyl (C=O) groups excluding carboxylic acids is 1. The van der Waals surface area contributed by atoms with Crippen LogP contribution >= 0.6 is 0 Å². The van der Waals surface area contributed by atoms with Gasteiger partial charge >= 0.3 is 0 Å². The molecule has 0 fully saturated rings. The summed E-state index contributed by atoms with van der Waals surface area (Å²) in [6.45, 7) is 12.5. The summed E-state index contributed by atoms with van der Waals surface area (Å²) in [5, 5.41) is 3.08. The third-order valence-corrected chi connectivity index (χ3v) is 4.66. The van der Waals surface area contributed by atoms with Crippen molar-refractivity contribution in [3.8, 4) is 5.75 Å². The lowest BCUT2D eigenvalue weighted by atomic mass is 9.86. The fourth-order valence-electron chi connectivity index (χ4n) is 2.83. The van der Waals surface area contributed by atoms with Gasteiger partial charge in [-0.05, 0) is 48.4 Å². The second-order valence-corrected chi connectivity index (χ2v) is 7.88. The maximum absolute atomic E-state index is 12.7. The van der Waals surface area contributed by atoms with Gasteiger partial charge in [0.2, 0.25) is 0 Å². The third kappa shape index (κ3) is 5.10. The molecular weight excluding hydrogens is 322 g/mol. The third-order valence-electron chi connectivity index (χ3n) is 4.66. The zero-order valence-electron chi connectivity index (χ0n) is 16.8. The molecule has 26 heavy (non-hydrogen) atoms. The molecule has 0 radical (unpaired) electrons. The van der Waals surface area contributed by atoms with E-state index in [-0.39, 0.29) is 17.4 Å². The van der Waals surface area contributed by atoms with Crippen LogP contribution in [0.2, 0.25) is 0 Å². The summed E-state index contributed by atoms with van der Waals surface area (Å²) in [5.41, 5.74) is 3.54. The molecule has 0 saturated carbocycles. The predicted octanol–water partition coefficient (Wildman–Crippen LogP) is 5.33. The molecule has 3 heteroatoms. The molecule has 2 aromatic carbocycles. The lowest BCUT2D eigenvalue weighted by molar-refractivity contribution is -0.128. The van der Waals surface area contributed by atoms with Crippen LogP contribution in [0.3, 0.4) is 0 Å². The second kappa shape index (κ2) is 8.39. The highest BCUT2D eigenvalue weighted by Gasteiger charge is 2.21. The number of aryl methyl sites for hydroxylation is 1. The highest BCUT2D eigenvalue weighted by atomic mass is 16.5. The Labute approximate surface area is 157 Å². The van der Waals surface area contributed by atoms with Gasteiger partial charge < -0.3 is 10.1 Å². The zero-order valence-corrected chi connectivity index (χ0v) is 16.8. The van der Waals surface area contributed by atoms with E-state index in [9.17, 15) is 4.79 Å². The van der Waals surface area contributed by atoms with Crippen LogP contribution in [0.15, 0.2) is 48.5 Å². The fraction of sp³-hybridized carbons (Fsp3) is 0.435. The first-order valence-corrected chi connectivity index (χ1v) is 9.35. The van der Waals surface area contributed by atoms with Crippen LogP contribution in [-0.2, 0) is 10.2 Å². The van der Waals surface area contributed by atoms with E-state index < -0.39 is 6.10 Å². The first-order valence-electron chi connectivity index (χ1n) is 9.35. The fourth-order valence-corrected chi connectivity index (χ4v) is 2.83. The van der Waals surface area contributed by atoms with E-state index in [2.05, 4.69) is 50.4 Å². The van der Waals surface area contributed by atoms with Crippen molar-refractivity contribution in [1.29, 1.82) is 0 Å².